The Morgan fingerprint density at radius 3 is 2.00 bits per heavy atom. The number of benzene rings is 2. The van der Waals surface area contributed by atoms with E-state index < -0.39 is 0 Å². The van der Waals surface area contributed by atoms with Gasteiger partial charge in [0.15, 0.2) is 0 Å². The van der Waals surface area contributed by atoms with Crippen molar-refractivity contribution in [3.8, 4) is 17.2 Å². The van der Waals surface area contributed by atoms with Crippen LogP contribution >= 0.6 is 0 Å². The number of nitrogens with zero attached hydrogens (tertiary/aromatic N) is 1. The predicted molar refractivity (Wildman–Crippen MR) is 79.5 cm³/mol. The lowest BCUT2D eigenvalue weighted by Gasteiger charge is -2.13. The molecule has 0 N–H and O–H groups in total. The van der Waals surface area contributed by atoms with Crippen LogP contribution in [0.4, 0.5) is 0 Å². The first-order valence-electron chi connectivity index (χ1n) is 6.74. The van der Waals surface area contributed by atoms with Crippen LogP contribution in [0.3, 0.4) is 0 Å². The molecule has 0 fully saturated rings. The van der Waals surface area contributed by atoms with E-state index in [-0.39, 0.29) is 5.92 Å². The molecule has 96 valence electrons. The maximum Gasteiger partial charge on any atom is 0.0661 e. The molecule has 0 aliphatic carbocycles. The van der Waals surface area contributed by atoms with Gasteiger partial charge in [0.2, 0.25) is 0 Å². The van der Waals surface area contributed by atoms with Crippen LogP contribution < -0.4 is 0 Å². The van der Waals surface area contributed by atoms with Crippen LogP contribution in [0.25, 0.3) is 11.1 Å². The minimum atomic E-state index is 0.0996. The standard InChI is InChI=1S/C18H19N/c1-14(2)18(13-19)12-15-8-10-17(11-9-15)16-6-4-3-5-7-16/h3-11,14,18H,12H2,1-2H3. The summed E-state index contributed by atoms with van der Waals surface area (Å²) in [5.41, 5.74) is 3.69. The van der Waals surface area contributed by atoms with Crippen molar-refractivity contribution in [2.24, 2.45) is 11.8 Å². The third kappa shape index (κ3) is 3.45. The van der Waals surface area contributed by atoms with Crippen LogP contribution in [-0.2, 0) is 6.42 Å². The molecule has 0 radical (unpaired) electrons. The minimum Gasteiger partial charge on any atom is -0.198 e. The zero-order valence-electron chi connectivity index (χ0n) is 11.5. The van der Waals surface area contributed by atoms with Crippen LogP contribution in [0.2, 0.25) is 0 Å². The molecule has 1 unspecified atom stereocenters. The van der Waals surface area contributed by atoms with E-state index in [1.165, 1.54) is 16.7 Å². The Kier molecular flexibility index (Phi) is 4.36. The van der Waals surface area contributed by atoms with Gasteiger partial charge in [0.25, 0.3) is 0 Å². The molecule has 0 aliphatic rings. The summed E-state index contributed by atoms with van der Waals surface area (Å²) in [4.78, 5) is 0. The first-order valence-corrected chi connectivity index (χ1v) is 6.74. The fraction of sp³-hybridized carbons (Fsp3) is 0.278. The SMILES string of the molecule is CC(C)C(C#N)Cc1ccc(-c2ccccc2)cc1. The van der Waals surface area contributed by atoms with Gasteiger partial charge in [-0.2, -0.15) is 5.26 Å². The maximum absolute atomic E-state index is 9.14. The lowest BCUT2D eigenvalue weighted by atomic mass is 9.90. The van der Waals surface area contributed by atoms with Gasteiger partial charge in [0, 0.05) is 0 Å². The molecule has 2 aromatic rings. The summed E-state index contributed by atoms with van der Waals surface area (Å²) in [6, 6.07) is 21.3. The van der Waals surface area contributed by atoms with E-state index in [1.807, 2.05) is 18.2 Å². The average molecular weight is 249 g/mol. The van der Waals surface area contributed by atoms with E-state index in [0.29, 0.717) is 5.92 Å². The van der Waals surface area contributed by atoms with Crippen molar-refractivity contribution >= 4 is 0 Å². The highest BCUT2D eigenvalue weighted by molar-refractivity contribution is 5.63. The number of hydrogen-bond donors (Lipinski definition) is 0. The molecular formula is C18H19N. The molecule has 0 saturated heterocycles. The van der Waals surface area contributed by atoms with E-state index in [4.69, 9.17) is 5.26 Å². The topological polar surface area (TPSA) is 23.8 Å². The number of rotatable bonds is 4. The Morgan fingerprint density at radius 2 is 1.47 bits per heavy atom. The third-order valence-electron chi connectivity index (χ3n) is 3.49. The van der Waals surface area contributed by atoms with Gasteiger partial charge in [-0.3, -0.25) is 0 Å². The van der Waals surface area contributed by atoms with Gasteiger partial charge < -0.3 is 0 Å². The molecule has 0 heterocycles. The number of hydrogen-bond acceptors (Lipinski definition) is 1. The summed E-state index contributed by atoms with van der Waals surface area (Å²) in [6.07, 6.45) is 0.837. The van der Waals surface area contributed by atoms with Crippen molar-refractivity contribution in [3.05, 3.63) is 60.2 Å². The summed E-state index contributed by atoms with van der Waals surface area (Å²) in [5.74, 6) is 0.501. The normalized spacial score (nSPS) is 12.1. The molecule has 2 aromatic carbocycles. The van der Waals surface area contributed by atoms with Crippen molar-refractivity contribution in [2.45, 2.75) is 20.3 Å². The van der Waals surface area contributed by atoms with E-state index in [1.54, 1.807) is 0 Å². The highest BCUT2D eigenvalue weighted by atomic mass is 14.3. The van der Waals surface area contributed by atoms with Crippen molar-refractivity contribution in [2.75, 3.05) is 0 Å². The summed E-state index contributed by atoms with van der Waals surface area (Å²) in [5, 5.41) is 9.14. The van der Waals surface area contributed by atoms with Gasteiger partial charge >= 0.3 is 0 Å². The van der Waals surface area contributed by atoms with Crippen LogP contribution in [0, 0.1) is 23.2 Å². The third-order valence-corrected chi connectivity index (χ3v) is 3.49. The van der Waals surface area contributed by atoms with E-state index in [9.17, 15) is 0 Å². The van der Waals surface area contributed by atoms with Gasteiger partial charge in [0.1, 0.15) is 0 Å². The zero-order chi connectivity index (χ0) is 13.7. The van der Waals surface area contributed by atoms with Crippen molar-refractivity contribution < 1.29 is 0 Å². The van der Waals surface area contributed by atoms with E-state index >= 15 is 0 Å². The molecule has 1 nitrogen and oxygen atoms in total. The Bertz CT molecular complexity index is 546. The van der Waals surface area contributed by atoms with Gasteiger partial charge in [-0.1, -0.05) is 68.4 Å². The predicted octanol–water partition coefficient (Wildman–Crippen LogP) is 4.69. The summed E-state index contributed by atoms with van der Waals surface area (Å²) >= 11 is 0. The first-order chi connectivity index (χ1) is 9.20. The van der Waals surface area contributed by atoms with Crippen molar-refractivity contribution in [1.82, 2.24) is 0 Å². The van der Waals surface area contributed by atoms with Crippen LogP contribution in [0.5, 0.6) is 0 Å². The monoisotopic (exact) mass is 249 g/mol. The Labute approximate surface area is 115 Å². The quantitative estimate of drug-likeness (QED) is 0.771. The molecule has 0 bridgehead atoms. The fourth-order valence-electron chi connectivity index (χ4n) is 2.15. The molecule has 0 aliphatic heterocycles. The molecule has 1 heteroatoms. The van der Waals surface area contributed by atoms with Gasteiger partial charge in [0.05, 0.1) is 12.0 Å². The fourth-order valence-corrected chi connectivity index (χ4v) is 2.15. The smallest absolute Gasteiger partial charge is 0.0661 e. The van der Waals surface area contributed by atoms with Crippen molar-refractivity contribution in [1.29, 1.82) is 5.26 Å². The summed E-state index contributed by atoms with van der Waals surface area (Å²) in [7, 11) is 0. The molecule has 2 rings (SSSR count). The minimum absolute atomic E-state index is 0.0996. The largest absolute Gasteiger partial charge is 0.198 e. The maximum atomic E-state index is 9.14. The van der Waals surface area contributed by atoms with Crippen LogP contribution in [0.15, 0.2) is 54.6 Å². The molecule has 0 amide bonds. The molecular weight excluding hydrogens is 230 g/mol. The van der Waals surface area contributed by atoms with Gasteiger partial charge in [-0.25, -0.2) is 0 Å². The highest BCUT2D eigenvalue weighted by Crippen LogP contribution is 2.22. The molecule has 0 aromatic heterocycles. The molecule has 19 heavy (non-hydrogen) atoms. The molecule has 1 atom stereocenters. The average Bonchev–Trinajstić information content (AvgIpc) is 2.46. The highest BCUT2D eigenvalue weighted by Gasteiger charge is 2.12. The van der Waals surface area contributed by atoms with E-state index in [0.717, 1.165) is 6.42 Å². The molecule has 0 spiro atoms. The Hall–Kier alpha value is -2.07. The lowest BCUT2D eigenvalue weighted by molar-refractivity contribution is 0.474. The second-order valence-electron chi connectivity index (χ2n) is 5.25. The first kappa shape index (κ1) is 13.4. The van der Waals surface area contributed by atoms with Gasteiger partial charge in [-0.15, -0.1) is 0 Å². The Balaban J connectivity index is 2.13. The van der Waals surface area contributed by atoms with Crippen LogP contribution in [0.1, 0.15) is 19.4 Å². The van der Waals surface area contributed by atoms with Crippen LogP contribution in [-0.4, -0.2) is 0 Å². The lowest BCUT2D eigenvalue weighted by Crippen LogP contribution is -2.09. The second-order valence-corrected chi connectivity index (χ2v) is 5.25. The number of nitriles is 1. The second kappa shape index (κ2) is 6.20. The van der Waals surface area contributed by atoms with Crippen molar-refractivity contribution in [3.63, 3.8) is 0 Å². The Morgan fingerprint density at radius 1 is 0.895 bits per heavy atom. The summed E-state index contributed by atoms with van der Waals surface area (Å²) < 4.78 is 0. The van der Waals surface area contributed by atoms with Gasteiger partial charge in [-0.05, 0) is 29.0 Å². The van der Waals surface area contributed by atoms with E-state index in [2.05, 4.69) is 56.3 Å². The summed E-state index contributed by atoms with van der Waals surface area (Å²) in [6.45, 7) is 4.21. The molecule has 0 saturated carbocycles. The zero-order valence-corrected chi connectivity index (χ0v) is 11.5.